The Balaban J connectivity index is 2.15. The van der Waals surface area contributed by atoms with Crippen LogP contribution in [0.1, 0.15) is 20.7 Å². The van der Waals surface area contributed by atoms with Gasteiger partial charge in [-0.3, -0.25) is 14.6 Å². The molecule has 0 spiro atoms. The molecule has 0 saturated heterocycles. The monoisotopic (exact) mass is 254 g/mol. The molecule has 1 aliphatic heterocycles. The molecule has 1 aromatic heterocycles. The number of hydrogen-bond acceptors (Lipinski definition) is 5. The zero-order chi connectivity index (χ0) is 13.6. The third kappa shape index (κ3) is 1.54. The van der Waals surface area contributed by atoms with E-state index >= 15 is 0 Å². The molecule has 3 rings (SSSR count). The summed E-state index contributed by atoms with van der Waals surface area (Å²) in [6.45, 7) is 0. The van der Waals surface area contributed by atoms with Gasteiger partial charge in [0.05, 0.1) is 34.4 Å². The number of fused-ring (bicyclic) bond motifs is 1. The van der Waals surface area contributed by atoms with Crippen molar-refractivity contribution in [3.05, 3.63) is 47.8 Å². The van der Waals surface area contributed by atoms with Gasteiger partial charge in [0.25, 0.3) is 11.8 Å². The van der Waals surface area contributed by atoms with Crippen molar-refractivity contribution < 1.29 is 9.59 Å². The van der Waals surface area contributed by atoms with Crippen LogP contribution < -0.4 is 16.4 Å². The molecule has 2 heterocycles. The van der Waals surface area contributed by atoms with Gasteiger partial charge in [-0.05, 0) is 24.3 Å². The smallest absolute Gasteiger partial charge is 0.266 e. The lowest BCUT2D eigenvalue weighted by Gasteiger charge is -2.12. The molecule has 0 unspecified atom stereocenters. The molecule has 0 bridgehead atoms. The molecule has 1 aliphatic rings. The lowest BCUT2D eigenvalue weighted by molar-refractivity contribution is 0.0926. The number of carbonyl (C=O) groups excluding carboxylic acids is 2. The minimum absolute atomic E-state index is 0.264. The van der Waals surface area contributed by atoms with Crippen molar-refractivity contribution in [2.75, 3.05) is 16.4 Å². The van der Waals surface area contributed by atoms with Crippen LogP contribution in [0.4, 0.5) is 17.1 Å². The topological polar surface area (TPSA) is 102 Å². The van der Waals surface area contributed by atoms with E-state index in [1.807, 2.05) is 0 Å². The Morgan fingerprint density at radius 3 is 2.05 bits per heavy atom. The number of hydrogen-bond donors (Lipinski definition) is 2. The first kappa shape index (κ1) is 11.2. The second-order valence-corrected chi connectivity index (χ2v) is 4.18. The fourth-order valence-electron chi connectivity index (χ4n) is 2.04. The van der Waals surface area contributed by atoms with Crippen LogP contribution >= 0.6 is 0 Å². The summed E-state index contributed by atoms with van der Waals surface area (Å²) in [7, 11) is 0. The van der Waals surface area contributed by atoms with E-state index in [4.69, 9.17) is 11.5 Å². The maximum absolute atomic E-state index is 12.3. The predicted molar refractivity (Wildman–Crippen MR) is 70.6 cm³/mol. The van der Waals surface area contributed by atoms with Gasteiger partial charge in [0, 0.05) is 6.20 Å². The summed E-state index contributed by atoms with van der Waals surface area (Å²) in [5.41, 5.74) is 12.9. The van der Waals surface area contributed by atoms with Gasteiger partial charge in [-0.25, -0.2) is 4.90 Å². The highest BCUT2D eigenvalue weighted by Gasteiger charge is 2.37. The Morgan fingerprint density at radius 2 is 1.58 bits per heavy atom. The lowest BCUT2D eigenvalue weighted by atomic mass is 10.1. The number of nitrogens with two attached hydrogens (primary N) is 2. The molecule has 0 saturated carbocycles. The van der Waals surface area contributed by atoms with Crippen molar-refractivity contribution in [3.63, 3.8) is 0 Å². The zero-order valence-electron chi connectivity index (χ0n) is 9.83. The molecular formula is C13H10N4O2. The first-order chi connectivity index (χ1) is 9.09. The van der Waals surface area contributed by atoms with E-state index in [-0.39, 0.29) is 22.5 Å². The summed E-state index contributed by atoms with van der Waals surface area (Å²) < 4.78 is 0. The Hall–Kier alpha value is -2.89. The number of imide groups is 1. The highest BCUT2D eigenvalue weighted by Crippen LogP contribution is 2.31. The van der Waals surface area contributed by atoms with E-state index in [2.05, 4.69) is 4.98 Å². The van der Waals surface area contributed by atoms with Crippen LogP contribution in [0.3, 0.4) is 0 Å². The first-order valence-electron chi connectivity index (χ1n) is 5.57. The first-order valence-corrected chi connectivity index (χ1v) is 5.57. The van der Waals surface area contributed by atoms with Gasteiger partial charge in [0.2, 0.25) is 0 Å². The molecule has 6 heteroatoms. The number of carbonyl (C=O) groups is 2. The summed E-state index contributed by atoms with van der Waals surface area (Å²) in [6, 6.07) is 6.16. The van der Waals surface area contributed by atoms with Crippen LogP contribution in [0.2, 0.25) is 0 Å². The molecular weight excluding hydrogens is 244 g/mol. The van der Waals surface area contributed by atoms with Crippen LogP contribution in [0.5, 0.6) is 0 Å². The molecule has 4 N–H and O–H groups in total. The van der Waals surface area contributed by atoms with Gasteiger partial charge in [0.15, 0.2) is 0 Å². The van der Waals surface area contributed by atoms with Crippen molar-refractivity contribution in [2.45, 2.75) is 0 Å². The minimum atomic E-state index is -0.417. The van der Waals surface area contributed by atoms with E-state index in [1.54, 1.807) is 18.3 Å². The number of nitrogens with zero attached hydrogens (tertiary/aromatic N) is 2. The van der Waals surface area contributed by atoms with E-state index in [9.17, 15) is 9.59 Å². The molecule has 0 aliphatic carbocycles. The number of anilines is 3. The minimum Gasteiger partial charge on any atom is -0.397 e. The molecule has 0 radical (unpaired) electrons. The molecule has 1 aromatic carbocycles. The number of nitrogen functional groups attached to an aromatic ring is 2. The predicted octanol–water partition coefficient (Wildman–Crippen LogP) is 1.05. The summed E-state index contributed by atoms with van der Waals surface area (Å²) >= 11 is 0. The van der Waals surface area contributed by atoms with Crippen LogP contribution in [-0.2, 0) is 0 Å². The van der Waals surface area contributed by atoms with Gasteiger partial charge < -0.3 is 11.5 Å². The third-order valence-electron chi connectivity index (χ3n) is 2.99. The van der Waals surface area contributed by atoms with Crippen LogP contribution in [0.25, 0.3) is 0 Å². The van der Waals surface area contributed by atoms with Gasteiger partial charge in [-0.1, -0.05) is 0 Å². The zero-order valence-corrected chi connectivity index (χ0v) is 9.83. The van der Waals surface area contributed by atoms with Crippen LogP contribution in [0, 0.1) is 0 Å². The van der Waals surface area contributed by atoms with Crippen molar-refractivity contribution >= 4 is 28.9 Å². The Bertz CT molecular complexity index is 656. The summed E-state index contributed by atoms with van der Waals surface area (Å²) in [5.74, 6) is -0.834. The molecule has 2 amide bonds. The van der Waals surface area contributed by atoms with Gasteiger partial charge >= 0.3 is 0 Å². The molecule has 0 atom stereocenters. The molecule has 2 aromatic rings. The Morgan fingerprint density at radius 1 is 1.00 bits per heavy atom. The average Bonchev–Trinajstić information content (AvgIpc) is 2.64. The van der Waals surface area contributed by atoms with Gasteiger partial charge in [0.1, 0.15) is 0 Å². The number of aromatic nitrogens is 1. The van der Waals surface area contributed by atoms with Crippen molar-refractivity contribution in [3.8, 4) is 0 Å². The third-order valence-corrected chi connectivity index (χ3v) is 2.99. The number of rotatable bonds is 1. The molecule has 0 fully saturated rings. The number of amides is 2. The number of pyridine rings is 1. The van der Waals surface area contributed by atoms with Crippen LogP contribution in [0.15, 0.2) is 36.7 Å². The lowest BCUT2D eigenvalue weighted by Crippen LogP contribution is -2.29. The Kier molecular flexibility index (Phi) is 2.25. The fraction of sp³-hybridized carbons (Fsp3) is 0. The van der Waals surface area contributed by atoms with E-state index in [0.717, 1.165) is 4.90 Å². The average molecular weight is 254 g/mol. The largest absolute Gasteiger partial charge is 0.397 e. The van der Waals surface area contributed by atoms with E-state index < -0.39 is 11.8 Å². The highest BCUT2D eigenvalue weighted by atomic mass is 16.2. The molecule has 94 valence electrons. The van der Waals surface area contributed by atoms with Crippen molar-refractivity contribution in [1.29, 1.82) is 0 Å². The number of benzene rings is 1. The van der Waals surface area contributed by atoms with E-state index in [1.165, 1.54) is 18.3 Å². The maximum atomic E-state index is 12.3. The standard InChI is InChI=1S/C13H10N4O2/c14-10-4-8-9(5-11(10)15)13(19)17(12(8)18)7-2-1-3-16-6-7/h1-6H,14-15H2. The maximum Gasteiger partial charge on any atom is 0.266 e. The summed E-state index contributed by atoms with van der Waals surface area (Å²) in [4.78, 5) is 29.5. The van der Waals surface area contributed by atoms with Gasteiger partial charge in [-0.15, -0.1) is 0 Å². The molecule has 6 nitrogen and oxygen atoms in total. The Labute approximate surface area is 108 Å². The highest BCUT2D eigenvalue weighted by molar-refractivity contribution is 6.34. The molecule has 19 heavy (non-hydrogen) atoms. The normalized spacial score (nSPS) is 13.8. The second kappa shape index (κ2) is 3.81. The fourth-order valence-corrected chi connectivity index (χ4v) is 2.04. The SMILES string of the molecule is Nc1cc2c(cc1N)C(=O)N(c1cccnc1)C2=O. The van der Waals surface area contributed by atoms with Crippen LogP contribution in [-0.4, -0.2) is 16.8 Å². The second-order valence-electron chi connectivity index (χ2n) is 4.18. The quantitative estimate of drug-likeness (QED) is 0.584. The van der Waals surface area contributed by atoms with E-state index in [0.29, 0.717) is 5.69 Å². The summed E-state index contributed by atoms with van der Waals surface area (Å²) in [5, 5.41) is 0. The van der Waals surface area contributed by atoms with Crippen molar-refractivity contribution in [2.24, 2.45) is 0 Å². The summed E-state index contributed by atoms with van der Waals surface area (Å²) in [6.07, 6.45) is 3.02. The van der Waals surface area contributed by atoms with Crippen molar-refractivity contribution in [1.82, 2.24) is 4.98 Å². The van der Waals surface area contributed by atoms with Gasteiger partial charge in [-0.2, -0.15) is 0 Å².